The number of halogens is 3. The molecule has 0 bridgehead atoms. The fraction of sp³-hybridized carbons (Fsp3) is 0.300. The van der Waals surface area contributed by atoms with Crippen LogP contribution in [0, 0.1) is 0 Å². The largest absolute Gasteiger partial charge is 0.507 e. The highest BCUT2D eigenvalue weighted by molar-refractivity contribution is 5.92. The molecule has 8 heteroatoms. The van der Waals surface area contributed by atoms with Crippen molar-refractivity contribution in [3.05, 3.63) is 29.3 Å². The zero-order valence-electron chi connectivity index (χ0n) is 9.02. The van der Waals surface area contributed by atoms with Crippen LogP contribution in [0.3, 0.4) is 0 Å². The summed E-state index contributed by atoms with van der Waals surface area (Å²) < 4.78 is 42.5. The van der Waals surface area contributed by atoms with Gasteiger partial charge in [0.05, 0.1) is 7.11 Å². The number of ether oxygens (including phenoxy) is 1. The second-order valence-electron chi connectivity index (χ2n) is 3.59. The van der Waals surface area contributed by atoms with E-state index in [1.165, 1.54) is 0 Å². The van der Waals surface area contributed by atoms with E-state index in [0.717, 1.165) is 25.3 Å². The Kier molecular flexibility index (Phi) is 2.53. The summed E-state index contributed by atoms with van der Waals surface area (Å²) in [5.74, 6) is -1.41. The average molecular weight is 260 g/mol. The number of carbonyl (C=O) groups excluding carboxylic acids is 1. The summed E-state index contributed by atoms with van der Waals surface area (Å²) in [6, 6.07) is 2.85. The molecule has 1 aromatic rings. The number of esters is 1. The Morgan fingerprint density at radius 1 is 1.39 bits per heavy atom. The second-order valence-corrected chi connectivity index (χ2v) is 3.59. The Labute approximate surface area is 98.9 Å². The van der Waals surface area contributed by atoms with Crippen LogP contribution < -0.4 is 0 Å². The maximum Gasteiger partial charge on any atom is 0.442 e. The minimum Gasteiger partial charge on any atom is -0.507 e. The first-order valence-electron chi connectivity index (χ1n) is 4.74. The smallest absolute Gasteiger partial charge is 0.442 e. The molecule has 0 saturated carbocycles. The second kappa shape index (κ2) is 3.69. The predicted octanol–water partition coefficient (Wildman–Crippen LogP) is 2.36. The van der Waals surface area contributed by atoms with E-state index in [1.54, 1.807) is 0 Å². The summed E-state index contributed by atoms with van der Waals surface area (Å²) >= 11 is 0. The number of phenols is 1. The van der Waals surface area contributed by atoms with Crippen molar-refractivity contribution in [1.29, 1.82) is 0 Å². The molecular weight excluding hydrogens is 253 g/mol. The number of nitrogens with zero attached hydrogens (tertiary/aromatic N) is 2. The predicted molar refractivity (Wildman–Crippen MR) is 52.0 cm³/mol. The number of aromatic hydroxyl groups is 1. The molecule has 0 radical (unpaired) electrons. The molecule has 96 valence electrons. The molecule has 0 atom stereocenters. The minimum atomic E-state index is -4.68. The van der Waals surface area contributed by atoms with Crippen LogP contribution in [0.1, 0.15) is 15.9 Å². The molecule has 0 amide bonds. The van der Waals surface area contributed by atoms with Crippen LogP contribution >= 0.6 is 0 Å². The summed E-state index contributed by atoms with van der Waals surface area (Å²) in [5, 5.41) is 15.4. The van der Waals surface area contributed by atoms with Crippen molar-refractivity contribution >= 4 is 5.97 Å². The Morgan fingerprint density at radius 2 is 2.00 bits per heavy atom. The molecule has 18 heavy (non-hydrogen) atoms. The van der Waals surface area contributed by atoms with Crippen molar-refractivity contribution < 1.29 is 27.8 Å². The molecule has 0 fully saturated rings. The Hall–Kier alpha value is -2.12. The van der Waals surface area contributed by atoms with E-state index in [-0.39, 0.29) is 11.1 Å². The Balaban J connectivity index is 2.46. The number of methoxy groups -OCH3 is 1. The summed E-state index contributed by atoms with van der Waals surface area (Å²) in [6.45, 7) is 0. The maximum atomic E-state index is 12.7. The molecule has 2 rings (SSSR count). The van der Waals surface area contributed by atoms with Gasteiger partial charge in [0.2, 0.25) is 0 Å². The zero-order chi connectivity index (χ0) is 13.6. The molecule has 0 spiro atoms. The molecule has 0 aromatic heterocycles. The van der Waals surface area contributed by atoms with Crippen molar-refractivity contribution in [1.82, 2.24) is 0 Å². The van der Waals surface area contributed by atoms with Crippen molar-refractivity contribution in [2.24, 2.45) is 10.2 Å². The van der Waals surface area contributed by atoms with Gasteiger partial charge in [0.25, 0.3) is 0 Å². The number of carbonyl (C=O) groups is 1. The average Bonchev–Trinajstić information content (AvgIpc) is 3.09. The van der Waals surface area contributed by atoms with Crippen LogP contribution in [0.25, 0.3) is 0 Å². The van der Waals surface area contributed by atoms with Gasteiger partial charge in [-0.05, 0) is 12.1 Å². The van der Waals surface area contributed by atoms with Gasteiger partial charge in [0, 0.05) is 5.56 Å². The van der Waals surface area contributed by atoms with Crippen molar-refractivity contribution in [3.8, 4) is 5.75 Å². The Morgan fingerprint density at radius 3 is 2.44 bits per heavy atom. The first kappa shape index (κ1) is 12.3. The van der Waals surface area contributed by atoms with Gasteiger partial charge in [-0.15, -0.1) is 10.2 Å². The van der Waals surface area contributed by atoms with Gasteiger partial charge in [-0.3, -0.25) is 0 Å². The molecule has 1 aliphatic rings. The van der Waals surface area contributed by atoms with Gasteiger partial charge in [0.1, 0.15) is 11.3 Å². The first-order valence-corrected chi connectivity index (χ1v) is 4.74. The molecule has 1 N–H and O–H groups in total. The van der Waals surface area contributed by atoms with Gasteiger partial charge >= 0.3 is 17.8 Å². The van der Waals surface area contributed by atoms with Gasteiger partial charge < -0.3 is 9.84 Å². The molecule has 1 heterocycles. The van der Waals surface area contributed by atoms with Crippen LogP contribution in [-0.4, -0.2) is 24.4 Å². The van der Waals surface area contributed by atoms with E-state index in [2.05, 4.69) is 15.0 Å². The summed E-state index contributed by atoms with van der Waals surface area (Å²) in [7, 11) is 1.06. The third-order valence-corrected chi connectivity index (χ3v) is 2.50. The number of phenolic OH excluding ortho intramolecular Hbond substituents is 1. The lowest BCUT2D eigenvalue weighted by Gasteiger charge is -2.15. The van der Waals surface area contributed by atoms with Crippen LogP contribution in [0.5, 0.6) is 5.75 Å². The third kappa shape index (κ3) is 1.69. The molecular formula is C10H7F3N2O3. The van der Waals surface area contributed by atoms with E-state index in [4.69, 9.17) is 0 Å². The van der Waals surface area contributed by atoms with E-state index in [0.29, 0.717) is 0 Å². The summed E-state index contributed by atoms with van der Waals surface area (Å²) in [5.41, 5.74) is -3.33. The maximum absolute atomic E-state index is 12.7. The van der Waals surface area contributed by atoms with E-state index in [9.17, 15) is 23.1 Å². The van der Waals surface area contributed by atoms with Crippen molar-refractivity contribution in [2.75, 3.05) is 7.11 Å². The van der Waals surface area contributed by atoms with Gasteiger partial charge in [-0.25, -0.2) is 4.79 Å². The van der Waals surface area contributed by atoms with Crippen LogP contribution in [0.4, 0.5) is 13.2 Å². The van der Waals surface area contributed by atoms with Gasteiger partial charge in [-0.1, -0.05) is 6.07 Å². The fourth-order valence-corrected chi connectivity index (χ4v) is 1.47. The van der Waals surface area contributed by atoms with E-state index < -0.39 is 23.6 Å². The highest BCUT2D eigenvalue weighted by Crippen LogP contribution is 2.52. The number of alkyl halides is 3. The SMILES string of the molecule is COC(=O)c1cc(C2(C(F)(F)F)N=N2)ccc1O. The normalized spacial score (nSPS) is 16.4. The zero-order valence-corrected chi connectivity index (χ0v) is 9.02. The monoisotopic (exact) mass is 260 g/mol. The lowest BCUT2D eigenvalue weighted by molar-refractivity contribution is -0.166. The van der Waals surface area contributed by atoms with E-state index in [1.807, 2.05) is 0 Å². The number of rotatable bonds is 2. The highest BCUT2D eigenvalue weighted by atomic mass is 19.4. The fourth-order valence-electron chi connectivity index (χ4n) is 1.47. The molecule has 0 aliphatic carbocycles. The number of hydrogen-bond donors (Lipinski definition) is 1. The lowest BCUT2D eigenvalue weighted by Crippen LogP contribution is -2.30. The quantitative estimate of drug-likeness (QED) is 0.829. The van der Waals surface area contributed by atoms with Crippen LogP contribution in [0.15, 0.2) is 28.4 Å². The molecule has 5 nitrogen and oxygen atoms in total. The van der Waals surface area contributed by atoms with E-state index >= 15 is 0 Å². The lowest BCUT2D eigenvalue weighted by atomic mass is 10.00. The molecule has 0 unspecified atom stereocenters. The van der Waals surface area contributed by atoms with Crippen LogP contribution in [-0.2, 0) is 10.4 Å². The first-order chi connectivity index (χ1) is 8.32. The number of hydrogen-bond acceptors (Lipinski definition) is 5. The van der Waals surface area contributed by atoms with Gasteiger partial charge in [0.15, 0.2) is 0 Å². The standard InChI is InChI=1S/C10H7F3N2O3/c1-18-8(17)6-4-5(2-3-7(6)16)9(14-15-9)10(11,12)13/h2-4,16H,1H3. The van der Waals surface area contributed by atoms with Gasteiger partial charge in [-0.2, -0.15) is 13.2 Å². The highest BCUT2D eigenvalue weighted by Gasteiger charge is 2.65. The Bertz CT molecular complexity index is 534. The summed E-state index contributed by atoms with van der Waals surface area (Å²) in [4.78, 5) is 11.3. The summed E-state index contributed by atoms with van der Waals surface area (Å²) in [6.07, 6.45) is -4.68. The topological polar surface area (TPSA) is 71.2 Å². The molecule has 1 aliphatic heterocycles. The number of benzene rings is 1. The molecule has 1 aromatic carbocycles. The van der Waals surface area contributed by atoms with Crippen molar-refractivity contribution in [2.45, 2.75) is 11.8 Å². The minimum absolute atomic E-state index is 0.340. The molecule has 0 saturated heterocycles. The third-order valence-electron chi connectivity index (χ3n) is 2.50. The van der Waals surface area contributed by atoms with Crippen molar-refractivity contribution in [3.63, 3.8) is 0 Å². The van der Waals surface area contributed by atoms with Crippen LogP contribution in [0.2, 0.25) is 0 Å².